The van der Waals surface area contributed by atoms with E-state index in [1.165, 1.54) is 0 Å². The second-order valence-corrected chi connectivity index (χ2v) is 7.74. The van der Waals surface area contributed by atoms with Crippen LogP contribution < -0.4 is 5.32 Å². The molecule has 0 unspecified atom stereocenters. The number of nitriles is 1. The minimum absolute atomic E-state index is 0.239. The van der Waals surface area contributed by atoms with Crippen LogP contribution in [-0.4, -0.2) is 32.6 Å². The molecular weight excluding hydrogens is 388 g/mol. The summed E-state index contributed by atoms with van der Waals surface area (Å²) in [4.78, 5) is 16.4. The fourth-order valence-corrected chi connectivity index (χ4v) is 3.33. The lowest BCUT2D eigenvalue weighted by Crippen LogP contribution is -2.46. The highest BCUT2D eigenvalue weighted by atomic mass is 19.3. The number of hydrogen-bond acceptors (Lipinski definition) is 4. The number of amides is 1. The largest absolute Gasteiger partial charge is 0.346 e. The number of alkyl halides is 2. The molecule has 0 saturated heterocycles. The number of carbonyl (C=O) groups is 1. The Kier molecular flexibility index (Phi) is 5.83. The van der Waals surface area contributed by atoms with Gasteiger partial charge in [-0.1, -0.05) is 19.9 Å². The van der Waals surface area contributed by atoms with E-state index >= 15 is 0 Å². The molecule has 30 heavy (non-hydrogen) atoms. The predicted octanol–water partition coefficient (Wildman–Crippen LogP) is 4.18. The summed E-state index contributed by atoms with van der Waals surface area (Å²) >= 11 is 0. The van der Waals surface area contributed by atoms with Gasteiger partial charge in [0.15, 0.2) is 0 Å². The molecule has 6 nitrogen and oxygen atoms in total. The van der Waals surface area contributed by atoms with Gasteiger partial charge in [0.25, 0.3) is 5.91 Å². The van der Waals surface area contributed by atoms with Crippen molar-refractivity contribution >= 4 is 16.8 Å². The van der Waals surface area contributed by atoms with Gasteiger partial charge < -0.3 is 5.32 Å². The Hall–Kier alpha value is -3.34. The Balaban J connectivity index is 2.08. The van der Waals surface area contributed by atoms with E-state index in [-0.39, 0.29) is 5.92 Å². The monoisotopic (exact) mass is 411 g/mol. The van der Waals surface area contributed by atoms with Crippen LogP contribution in [0.15, 0.2) is 42.7 Å². The summed E-state index contributed by atoms with van der Waals surface area (Å²) in [6.45, 7) is 6.27. The van der Waals surface area contributed by atoms with Crippen molar-refractivity contribution in [3.63, 3.8) is 0 Å². The van der Waals surface area contributed by atoms with Gasteiger partial charge in [-0.2, -0.15) is 19.1 Å². The van der Waals surface area contributed by atoms with E-state index in [0.717, 1.165) is 22.2 Å². The highest BCUT2D eigenvalue weighted by molar-refractivity contribution is 5.83. The van der Waals surface area contributed by atoms with Gasteiger partial charge in [0.1, 0.15) is 0 Å². The minimum Gasteiger partial charge on any atom is -0.346 e. The van der Waals surface area contributed by atoms with Crippen LogP contribution in [0.5, 0.6) is 0 Å². The molecule has 8 heteroatoms. The van der Waals surface area contributed by atoms with E-state index in [0.29, 0.717) is 12.5 Å². The molecule has 2 atom stereocenters. The molecule has 0 radical (unpaired) electrons. The molecule has 2 heterocycles. The first-order valence-electron chi connectivity index (χ1n) is 9.63. The molecule has 1 N–H and O–H groups in total. The zero-order valence-corrected chi connectivity index (χ0v) is 17.2. The second-order valence-electron chi connectivity index (χ2n) is 7.74. The summed E-state index contributed by atoms with van der Waals surface area (Å²) in [7, 11) is 0. The third-order valence-electron chi connectivity index (χ3n) is 4.96. The summed E-state index contributed by atoms with van der Waals surface area (Å²) in [5.41, 5.74) is 2.84. The first-order chi connectivity index (χ1) is 14.1. The third kappa shape index (κ3) is 4.30. The molecule has 1 aromatic carbocycles. The lowest BCUT2D eigenvalue weighted by molar-refractivity contribution is -0.143. The molecule has 0 aliphatic carbocycles. The summed E-state index contributed by atoms with van der Waals surface area (Å²) < 4.78 is 28.6. The number of hydrogen-bond donors (Lipinski definition) is 1. The van der Waals surface area contributed by atoms with Crippen LogP contribution in [0.3, 0.4) is 0 Å². The zero-order valence-electron chi connectivity index (χ0n) is 17.2. The maximum absolute atomic E-state index is 13.5. The van der Waals surface area contributed by atoms with Crippen molar-refractivity contribution in [2.45, 2.75) is 51.6 Å². The van der Waals surface area contributed by atoms with Crippen LogP contribution in [0.25, 0.3) is 10.9 Å². The van der Waals surface area contributed by atoms with Gasteiger partial charge in [0, 0.05) is 24.2 Å². The quantitative estimate of drug-likeness (QED) is 0.660. The molecule has 0 aliphatic heterocycles. The molecule has 0 spiro atoms. The SMILES string of the molecule is CC(C)c1ccc([C@H]([C@H](C)NC(=O)C(C)(F)F)n2ncc3cc(C#N)ccc32)cn1. The number of nitrogens with one attached hydrogen (secondary N) is 1. The van der Waals surface area contributed by atoms with Gasteiger partial charge in [0.05, 0.1) is 35.4 Å². The maximum atomic E-state index is 13.5. The van der Waals surface area contributed by atoms with Gasteiger partial charge >= 0.3 is 5.92 Å². The van der Waals surface area contributed by atoms with Crippen molar-refractivity contribution in [3.8, 4) is 6.07 Å². The normalized spacial score (nSPS) is 13.8. The molecule has 3 rings (SSSR count). The molecule has 3 aromatic rings. The van der Waals surface area contributed by atoms with Crippen LogP contribution in [0.4, 0.5) is 8.78 Å². The van der Waals surface area contributed by atoms with Crippen molar-refractivity contribution < 1.29 is 13.6 Å². The highest BCUT2D eigenvalue weighted by Gasteiger charge is 2.35. The smallest absolute Gasteiger partial charge is 0.321 e. The average molecular weight is 411 g/mol. The Bertz CT molecular complexity index is 1090. The van der Waals surface area contributed by atoms with E-state index in [1.54, 1.807) is 42.2 Å². The second kappa shape index (κ2) is 8.19. The van der Waals surface area contributed by atoms with Crippen LogP contribution in [0, 0.1) is 11.3 Å². The van der Waals surface area contributed by atoms with Crippen molar-refractivity contribution in [1.82, 2.24) is 20.1 Å². The van der Waals surface area contributed by atoms with Crippen molar-refractivity contribution in [2.75, 3.05) is 0 Å². The fourth-order valence-electron chi connectivity index (χ4n) is 3.33. The number of halogens is 2. The van der Waals surface area contributed by atoms with Crippen molar-refractivity contribution in [2.24, 2.45) is 0 Å². The van der Waals surface area contributed by atoms with Gasteiger partial charge in [-0.15, -0.1) is 0 Å². The van der Waals surface area contributed by atoms with E-state index < -0.39 is 23.9 Å². The van der Waals surface area contributed by atoms with Crippen LogP contribution in [-0.2, 0) is 4.79 Å². The maximum Gasteiger partial charge on any atom is 0.321 e. The van der Waals surface area contributed by atoms with Crippen LogP contribution in [0.2, 0.25) is 0 Å². The fraction of sp³-hybridized carbons (Fsp3) is 0.364. The van der Waals surface area contributed by atoms with E-state index in [9.17, 15) is 13.6 Å². The average Bonchev–Trinajstić information content (AvgIpc) is 3.10. The Labute approximate surface area is 173 Å². The van der Waals surface area contributed by atoms with Gasteiger partial charge in [0.2, 0.25) is 0 Å². The lowest BCUT2D eigenvalue weighted by Gasteiger charge is -2.27. The molecule has 0 saturated carbocycles. The number of fused-ring (bicyclic) bond motifs is 1. The number of pyridine rings is 1. The molecular formula is C22H23F2N5O. The van der Waals surface area contributed by atoms with Crippen LogP contribution in [0.1, 0.15) is 56.5 Å². The van der Waals surface area contributed by atoms with Gasteiger partial charge in [-0.25, -0.2) is 0 Å². The molecule has 0 bridgehead atoms. The van der Waals surface area contributed by atoms with Crippen LogP contribution >= 0.6 is 0 Å². The van der Waals surface area contributed by atoms with Crippen molar-refractivity contribution in [3.05, 3.63) is 59.5 Å². The number of aromatic nitrogens is 3. The predicted molar refractivity (Wildman–Crippen MR) is 109 cm³/mol. The number of nitrogens with zero attached hydrogens (tertiary/aromatic N) is 4. The van der Waals surface area contributed by atoms with E-state index in [4.69, 9.17) is 5.26 Å². The van der Waals surface area contributed by atoms with Gasteiger partial charge in [-0.05, 0) is 42.7 Å². The first-order valence-corrected chi connectivity index (χ1v) is 9.63. The molecule has 0 fully saturated rings. The van der Waals surface area contributed by atoms with E-state index in [1.807, 2.05) is 26.0 Å². The highest BCUT2D eigenvalue weighted by Crippen LogP contribution is 2.28. The third-order valence-corrected chi connectivity index (χ3v) is 4.96. The number of rotatable bonds is 6. The molecule has 1 amide bonds. The first kappa shape index (κ1) is 21.4. The summed E-state index contributed by atoms with van der Waals surface area (Å²) in [5.74, 6) is -4.61. The van der Waals surface area contributed by atoms with Gasteiger partial charge in [-0.3, -0.25) is 14.5 Å². The zero-order chi connectivity index (χ0) is 22.1. The topological polar surface area (TPSA) is 83.6 Å². The number of carbonyl (C=O) groups excluding carboxylic acids is 1. The number of benzene rings is 1. The Morgan fingerprint density at radius 2 is 1.93 bits per heavy atom. The Morgan fingerprint density at radius 3 is 2.50 bits per heavy atom. The summed E-state index contributed by atoms with van der Waals surface area (Å²) in [5, 5.41) is 16.7. The molecule has 0 aliphatic rings. The lowest BCUT2D eigenvalue weighted by atomic mass is 10.00. The van der Waals surface area contributed by atoms with E-state index in [2.05, 4.69) is 21.5 Å². The molecule has 156 valence electrons. The van der Waals surface area contributed by atoms with Crippen molar-refractivity contribution in [1.29, 1.82) is 5.26 Å². The summed E-state index contributed by atoms with van der Waals surface area (Å²) in [6.07, 6.45) is 3.30. The summed E-state index contributed by atoms with van der Waals surface area (Å²) in [6, 6.07) is 9.70. The molecule has 2 aromatic heterocycles. The standard InChI is InChI=1S/C22H23F2N5O/c1-13(2)18-7-6-16(11-26-18)20(14(3)28-21(30)22(4,23)24)29-19-8-5-15(10-25)9-17(19)12-27-29/h5-9,11-14,20H,1-4H3,(H,28,30)/t14-,20-/m0/s1. The Morgan fingerprint density at radius 1 is 1.20 bits per heavy atom. The minimum atomic E-state index is -3.49.